The number of nitrogens with one attached hydrogen (secondary N) is 1. The molecule has 0 unspecified atom stereocenters. The molecule has 0 saturated carbocycles. The molecular weight excluding hydrogens is 456 g/mol. The number of ether oxygens (including phenoxy) is 3. The standard InChI is InChI=1S/C25H22N2O6S/c1-3-31-17-9-5-15(6-10-17)19-21(28)22(33-24(19)30)20(23(29)27-25-26-13-14-34-25)16-7-11-18(12-8-16)32-4-2/h5-14,28H,3-4H2,1-2H3,(H,26,27,29)/b22-20+. The van der Waals surface area contributed by atoms with Gasteiger partial charge in [-0.1, -0.05) is 24.3 Å². The molecule has 0 aliphatic carbocycles. The van der Waals surface area contributed by atoms with Crippen LogP contribution in [0.3, 0.4) is 0 Å². The van der Waals surface area contributed by atoms with E-state index in [-0.39, 0.29) is 16.9 Å². The molecular formula is C25H22N2O6S. The lowest BCUT2D eigenvalue weighted by molar-refractivity contribution is -0.131. The normalized spacial score (nSPS) is 14.6. The molecule has 0 fully saturated rings. The number of aromatic nitrogens is 1. The summed E-state index contributed by atoms with van der Waals surface area (Å²) in [5.41, 5.74) is 0.820. The minimum absolute atomic E-state index is 0.00923. The topological polar surface area (TPSA) is 107 Å². The Morgan fingerprint density at radius 2 is 1.65 bits per heavy atom. The first kappa shape index (κ1) is 23.1. The summed E-state index contributed by atoms with van der Waals surface area (Å²) in [5.74, 6) is -0.747. The average Bonchev–Trinajstić information content (AvgIpc) is 3.44. The summed E-state index contributed by atoms with van der Waals surface area (Å²) < 4.78 is 16.3. The van der Waals surface area contributed by atoms with Crippen molar-refractivity contribution >= 4 is 39.5 Å². The van der Waals surface area contributed by atoms with Crippen LogP contribution in [0.1, 0.15) is 25.0 Å². The Morgan fingerprint density at radius 1 is 1.03 bits per heavy atom. The summed E-state index contributed by atoms with van der Waals surface area (Å²) in [6, 6.07) is 13.4. The maximum atomic E-state index is 13.2. The van der Waals surface area contributed by atoms with E-state index in [1.807, 2.05) is 13.8 Å². The van der Waals surface area contributed by atoms with Crippen molar-refractivity contribution in [3.8, 4) is 11.5 Å². The molecule has 174 valence electrons. The van der Waals surface area contributed by atoms with Crippen molar-refractivity contribution in [2.45, 2.75) is 13.8 Å². The second-order valence-corrected chi connectivity index (χ2v) is 7.92. The Labute approximate surface area is 200 Å². The molecule has 1 aromatic heterocycles. The van der Waals surface area contributed by atoms with Gasteiger partial charge in [0.2, 0.25) is 0 Å². The van der Waals surface area contributed by atoms with E-state index in [0.717, 1.165) is 0 Å². The lowest BCUT2D eigenvalue weighted by atomic mass is 10.0. The van der Waals surface area contributed by atoms with Crippen molar-refractivity contribution in [3.63, 3.8) is 0 Å². The number of rotatable bonds is 8. The molecule has 0 saturated heterocycles. The van der Waals surface area contributed by atoms with E-state index in [2.05, 4.69) is 10.3 Å². The van der Waals surface area contributed by atoms with Gasteiger partial charge in [-0.2, -0.15) is 0 Å². The number of hydrogen-bond acceptors (Lipinski definition) is 8. The van der Waals surface area contributed by atoms with Crippen LogP contribution in [0.2, 0.25) is 0 Å². The molecule has 0 atom stereocenters. The first-order chi connectivity index (χ1) is 16.5. The second-order valence-electron chi connectivity index (χ2n) is 7.02. The van der Waals surface area contributed by atoms with E-state index in [0.29, 0.717) is 41.0 Å². The number of cyclic esters (lactones) is 1. The Balaban J connectivity index is 1.79. The van der Waals surface area contributed by atoms with Gasteiger partial charge >= 0.3 is 5.97 Å². The van der Waals surface area contributed by atoms with Gasteiger partial charge in [-0.25, -0.2) is 9.78 Å². The zero-order chi connectivity index (χ0) is 24.1. The van der Waals surface area contributed by atoms with Crippen LogP contribution < -0.4 is 14.8 Å². The van der Waals surface area contributed by atoms with E-state index < -0.39 is 17.6 Å². The van der Waals surface area contributed by atoms with Gasteiger partial charge in [0.25, 0.3) is 5.91 Å². The predicted molar refractivity (Wildman–Crippen MR) is 129 cm³/mol. The first-order valence-corrected chi connectivity index (χ1v) is 11.5. The highest BCUT2D eigenvalue weighted by Gasteiger charge is 2.36. The van der Waals surface area contributed by atoms with E-state index in [9.17, 15) is 14.7 Å². The highest BCUT2D eigenvalue weighted by atomic mass is 32.1. The minimum Gasteiger partial charge on any atom is -0.504 e. The van der Waals surface area contributed by atoms with Crippen molar-refractivity contribution in [3.05, 3.63) is 82.8 Å². The molecule has 0 bridgehead atoms. The smallest absolute Gasteiger partial charge is 0.348 e. The van der Waals surface area contributed by atoms with Crippen LogP contribution in [-0.4, -0.2) is 35.2 Å². The molecule has 1 aliphatic rings. The van der Waals surface area contributed by atoms with Gasteiger partial charge in [0.15, 0.2) is 16.6 Å². The molecule has 2 N–H and O–H groups in total. The molecule has 1 aliphatic heterocycles. The van der Waals surface area contributed by atoms with Crippen LogP contribution in [0.15, 0.2) is 71.6 Å². The van der Waals surface area contributed by atoms with Crippen LogP contribution in [0, 0.1) is 0 Å². The molecule has 0 spiro atoms. The number of carbonyl (C=O) groups excluding carboxylic acids is 2. The van der Waals surface area contributed by atoms with Gasteiger partial charge in [0.1, 0.15) is 17.1 Å². The molecule has 0 radical (unpaired) electrons. The third-order valence-corrected chi connectivity index (χ3v) is 5.55. The second kappa shape index (κ2) is 10.2. The molecule has 1 amide bonds. The predicted octanol–water partition coefficient (Wildman–Crippen LogP) is 4.82. The summed E-state index contributed by atoms with van der Waals surface area (Å²) in [7, 11) is 0. The van der Waals surface area contributed by atoms with E-state index >= 15 is 0 Å². The lowest BCUT2D eigenvalue weighted by Crippen LogP contribution is -2.16. The van der Waals surface area contributed by atoms with Gasteiger partial charge in [0.05, 0.1) is 18.8 Å². The molecule has 2 heterocycles. The maximum absolute atomic E-state index is 13.2. The summed E-state index contributed by atoms with van der Waals surface area (Å²) >= 11 is 1.24. The van der Waals surface area contributed by atoms with Crippen LogP contribution in [0.4, 0.5) is 5.13 Å². The number of aliphatic hydroxyl groups excluding tert-OH is 1. The number of carbonyl (C=O) groups is 2. The Kier molecular flexibility index (Phi) is 6.93. The summed E-state index contributed by atoms with van der Waals surface area (Å²) in [4.78, 5) is 30.1. The Morgan fingerprint density at radius 3 is 2.21 bits per heavy atom. The van der Waals surface area contributed by atoms with Crippen LogP contribution >= 0.6 is 11.3 Å². The van der Waals surface area contributed by atoms with Crippen LogP contribution in [-0.2, 0) is 14.3 Å². The maximum Gasteiger partial charge on any atom is 0.348 e. The van der Waals surface area contributed by atoms with Crippen molar-refractivity contribution < 1.29 is 28.9 Å². The van der Waals surface area contributed by atoms with Gasteiger partial charge in [-0.3, -0.25) is 10.1 Å². The van der Waals surface area contributed by atoms with Gasteiger partial charge < -0.3 is 19.3 Å². The van der Waals surface area contributed by atoms with Crippen molar-refractivity contribution in [1.29, 1.82) is 0 Å². The molecule has 2 aromatic carbocycles. The monoisotopic (exact) mass is 478 g/mol. The molecule has 8 nitrogen and oxygen atoms in total. The fourth-order valence-electron chi connectivity index (χ4n) is 3.41. The van der Waals surface area contributed by atoms with Crippen LogP contribution in [0.25, 0.3) is 11.1 Å². The van der Waals surface area contributed by atoms with Crippen molar-refractivity contribution in [2.24, 2.45) is 0 Å². The number of amides is 1. The quantitative estimate of drug-likeness (QED) is 0.353. The van der Waals surface area contributed by atoms with Gasteiger partial charge in [-0.15, -0.1) is 11.3 Å². The molecule has 4 rings (SSSR count). The van der Waals surface area contributed by atoms with Gasteiger partial charge in [0, 0.05) is 11.6 Å². The Bertz CT molecular complexity index is 1250. The van der Waals surface area contributed by atoms with Crippen LogP contribution in [0.5, 0.6) is 11.5 Å². The third-order valence-electron chi connectivity index (χ3n) is 4.87. The number of nitrogens with zero attached hydrogens (tertiary/aromatic N) is 1. The average molecular weight is 479 g/mol. The number of thiazole rings is 1. The number of benzene rings is 2. The number of anilines is 1. The first-order valence-electron chi connectivity index (χ1n) is 10.6. The van der Waals surface area contributed by atoms with E-state index in [1.165, 1.54) is 11.3 Å². The van der Waals surface area contributed by atoms with E-state index in [1.54, 1.807) is 60.1 Å². The molecule has 9 heteroatoms. The number of hydrogen-bond donors (Lipinski definition) is 2. The summed E-state index contributed by atoms with van der Waals surface area (Å²) in [5, 5.41) is 15.8. The zero-order valence-electron chi connectivity index (χ0n) is 18.5. The molecule has 3 aromatic rings. The van der Waals surface area contributed by atoms with Crippen molar-refractivity contribution in [1.82, 2.24) is 4.98 Å². The van der Waals surface area contributed by atoms with Gasteiger partial charge in [-0.05, 0) is 49.2 Å². The summed E-state index contributed by atoms with van der Waals surface area (Å²) in [6.07, 6.45) is 1.56. The zero-order valence-corrected chi connectivity index (χ0v) is 19.3. The Hall–Kier alpha value is -4.11. The van der Waals surface area contributed by atoms with Crippen molar-refractivity contribution in [2.75, 3.05) is 18.5 Å². The van der Waals surface area contributed by atoms with E-state index in [4.69, 9.17) is 14.2 Å². The fourth-order valence-corrected chi connectivity index (χ4v) is 3.93. The summed E-state index contributed by atoms with van der Waals surface area (Å²) in [6.45, 7) is 4.73. The third kappa shape index (κ3) is 4.79. The minimum atomic E-state index is -0.762. The molecule has 34 heavy (non-hydrogen) atoms. The lowest BCUT2D eigenvalue weighted by Gasteiger charge is -2.12. The largest absolute Gasteiger partial charge is 0.504 e. The SMILES string of the molecule is CCOc1ccc(C2=C(O)/C(=C(\C(=O)Nc3nccs3)c3ccc(OCC)cc3)OC2=O)cc1. The number of esters is 1. The highest BCUT2D eigenvalue weighted by molar-refractivity contribution is 7.13. The number of aliphatic hydroxyl groups is 1. The highest BCUT2D eigenvalue weighted by Crippen LogP contribution is 2.37. The fraction of sp³-hybridized carbons (Fsp3) is 0.160.